The molecule has 0 aliphatic rings. The van der Waals surface area contributed by atoms with Crippen LogP contribution in [0, 0.1) is 6.20 Å². The van der Waals surface area contributed by atoms with Crippen molar-refractivity contribution in [3.05, 3.63) is 18.0 Å². The standard InChI is InChI=1S/C4H6N3/c5-1-4-2-6-7-3-4/h2H,1,5H2,(H,6,7). The Labute approximate surface area is 41.5 Å². The van der Waals surface area contributed by atoms with E-state index >= 15 is 0 Å². The van der Waals surface area contributed by atoms with Crippen molar-refractivity contribution in [2.24, 2.45) is 5.73 Å². The molecule has 37 valence electrons. The molecule has 3 heteroatoms. The Morgan fingerprint density at radius 3 is 3.14 bits per heavy atom. The summed E-state index contributed by atoms with van der Waals surface area (Å²) in [7, 11) is 0. The van der Waals surface area contributed by atoms with Gasteiger partial charge in [-0.25, -0.2) is 0 Å². The number of nitrogens with zero attached hydrogens (tertiary/aromatic N) is 1. The van der Waals surface area contributed by atoms with E-state index in [0.29, 0.717) is 6.54 Å². The maximum absolute atomic E-state index is 5.20. The van der Waals surface area contributed by atoms with Gasteiger partial charge in [0.25, 0.3) is 0 Å². The molecule has 0 fully saturated rings. The van der Waals surface area contributed by atoms with E-state index in [1.165, 1.54) is 0 Å². The second-order valence-corrected chi connectivity index (χ2v) is 1.23. The van der Waals surface area contributed by atoms with Gasteiger partial charge in [-0.15, -0.1) is 0 Å². The van der Waals surface area contributed by atoms with E-state index in [0.717, 1.165) is 5.56 Å². The average molecular weight is 96.1 g/mol. The van der Waals surface area contributed by atoms with E-state index in [9.17, 15) is 0 Å². The Balaban J connectivity index is 2.76. The van der Waals surface area contributed by atoms with Crippen LogP contribution in [0.5, 0.6) is 0 Å². The Kier molecular flexibility index (Phi) is 1.08. The minimum Gasteiger partial charge on any atom is -0.326 e. The molecular weight excluding hydrogens is 90.1 g/mol. The number of aromatic nitrogens is 2. The van der Waals surface area contributed by atoms with Crippen molar-refractivity contribution >= 4 is 0 Å². The van der Waals surface area contributed by atoms with Gasteiger partial charge in [-0.3, -0.25) is 5.10 Å². The van der Waals surface area contributed by atoms with Gasteiger partial charge in [0.15, 0.2) is 0 Å². The molecule has 1 heterocycles. The van der Waals surface area contributed by atoms with Crippen LogP contribution in [0.3, 0.4) is 0 Å². The number of H-pyrrole nitrogens is 1. The summed E-state index contributed by atoms with van der Waals surface area (Å²) < 4.78 is 0. The van der Waals surface area contributed by atoms with Crippen LogP contribution in [0.2, 0.25) is 0 Å². The Morgan fingerprint density at radius 2 is 2.86 bits per heavy atom. The first-order chi connectivity index (χ1) is 3.43. The van der Waals surface area contributed by atoms with Crippen molar-refractivity contribution in [3.63, 3.8) is 0 Å². The van der Waals surface area contributed by atoms with Gasteiger partial charge in [-0.2, -0.15) is 5.10 Å². The summed E-state index contributed by atoms with van der Waals surface area (Å²) in [6.45, 7) is 0.510. The molecule has 1 aromatic rings. The van der Waals surface area contributed by atoms with Gasteiger partial charge in [-0.05, 0) is 0 Å². The number of rotatable bonds is 1. The second-order valence-electron chi connectivity index (χ2n) is 1.23. The minimum absolute atomic E-state index is 0.510. The smallest absolute Gasteiger partial charge is 0.117 e. The normalized spacial score (nSPS) is 9.29. The number of hydrogen-bond acceptors (Lipinski definition) is 2. The molecule has 0 unspecified atom stereocenters. The SMILES string of the molecule is NCc1[c]n[nH]c1. The van der Waals surface area contributed by atoms with Crippen molar-refractivity contribution < 1.29 is 0 Å². The minimum atomic E-state index is 0.510. The van der Waals surface area contributed by atoms with Crippen LogP contribution in [0.15, 0.2) is 6.20 Å². The highest BCUT2D eigenvalue weighted by molar-refractivity contribution is 4.98. The lowest BCUT2D eigenvalue weighted by Gasteiger charge is -1.76. The molecule has 1 radical (unpaired) electrons. The van der Waals surface area contributed by atoms with Crippen LogP contribution >= 0.6 is 0 Å². The summed E-state index contributed by atoms with van der Waals surface area (Å²) in [5.74, 6) is 0. The molecule has 3 nitrogen and oxygen atoms in total. The van der Waals surface area contributed by atoms with E-state index in [1.54, 1.807) is 6.20 Å². The van der Waals surface area contributed by atoms with Gasteiger partial charge >= 0.3 is 0 Å². The highest BCUT2D eigenvalue weighted by atomic mass is 15.1. The van der Waals surface area contributed by atoms with Crippen LogP contribution in [0.4, 0.5) is 0 Å². The molecule has 3 N–H and O–H groups in total. The van der Waals surface area contributed by atoms with Crippen molar-refractivity contribution in [2.75, 3.05) is 0 Å². The fourth-order valence-corrected chi connectivity index (χ4v) is 0.351. The molecule has 0 bridgehead atoms. The van der Waals surface area contributed by atoms with Gasteiger partial charge in [0.2, 0.25) is 0 Å². The van der Waals surface area contributed by atoms with Crippen molar-refractivity contribution in [2.45, 2.75) is 6.54 Å². The van der Waals surface area contributed by atoms with E-state index in [1.807, 2.05) is 0 Å². The van der Waals surface area contributed by atoms with Gasteiger partial charge in [0.05, 0.1) is 0 Å². The first-order valence-corrected chi connectivity index (χ1v) is 2.04. The second kappa shape index (κ2) is 1.75. The highest BCUT2D eigenvalue weighted by Crippen LogP contribution is 1.86. The van der Waals surface area contributed by atoms with Crippen molar-refractivity contribution in [1.29, 1.82) is 0 Å². The first-order valence-electron chi connectivity index (χ1n) is 2.04. The number of aromatic amines is 1. The molecule has 0 aliphatic carbocycles. The summed E-state index contributed by atoms with van der Waals surface area (Å²) >= 11 is 0. The molecule has 0 saturated heterocycles. The molecule has 0 amide bonds. The van der Waals surface area contributed by atoms with Crippen LogP contribution in [0.1, 0.15) is 5.56 Å². The maximum Gasteiger partial charge on any atom is 0.117 e. The number of nitrogens with two attached hydrogens (primary N) is 1. The van der Waals surface area contributed by atoms with E-state index in [4.69, 9.17) is 5.73 Å². The summed E-state index contributed by atoms with van der Waals surface area (Å²) in [6, 6.07) is 0. The predicted molar refractivity (Wildman–Crippen MR) is 25.3 cm³/mol. The summed E-state index contributed by atoms with van der Waals surface area (Å²) in [4.78, 5) is 0. The lowest BCUT2D eigenvalue weighted by Crippen LogP contribution is -1.92. The van der Waals surface area contributed by atoms with Crippen molar-refractivity contribution in [3.8, 4) is 0 Å². The van der Waals surface area contributed by atoms with E-state index < -0.39 is 0 Å². The zero-order valence-corrected chi connectivity index (χ0v) is 3.81. The largest absolute Gasteiger partial charge is 0.326 e. The lowest BCUT2D eigenvalue weighted by molar-refractivity contribution is 1.07. The Hall–Kier alpha value is -0.830. The monoisotopic (exact) mass is 96.1 g/mol. The van der Waals surface area contributed by atoms with E-state index in [-0.39, 0.29) is 0 Å². The van der Waals surface area contributed by atoms with Crippen LogP contribution in [0.25, 0.3) is 0 Å². The fraction of sp³-hybridized carbons (Fsp3) is 0.250. The van der Waals surface area contributed by atoms with Gasteiger partial charge < -0.3 is 5.73 Å². The average Bonchev–Trinajstić information content (AvgIpc) is 2.14. The predicted octanol–water partition coefficient (Wildman–Crippen LogP) is -0.331. The summed E-state index contributed by atoms with van der Waals surface area (Å²) in [5, 5.41) is 6.16. The topological polar surface area (TPSA) is 54.7 Å². The third-order valence-corrected chi connectivity index (χ3v) is 0.723. The molecule has 0 aromatic carbocycles. The van der Waals surface area contributed by atoms with Crippen LogP contribution in [-0.4, -0.2) is 10.2 Å². The Bertz CT molecular complexity index is 121. The zero-order chi connectivity index (χ0) is 5.11. The Morgan fingerprint density at radius 1 is 2.00 bits per heavy atom. The van der Waals surface area contributed by atoms with Gasteiger partial charge in [0.1, 0.15) is 6.20 Å². The molecule has 0 atom stereocenters. The maximum atomic E-state index is 5.20. The third-order valence-electron chi connectivity index (χ3n) is 0.723. The first kappa shape index (κ1) is 4.33. The molecule has 0 spiro atoms. The molecule has 1 rings (SSSR count). The molecule has 0 aliphatic heterocycles. The third kappa shape index (κ3) is 0.778. The summed E-state index contributed by atoms with van der Waals surface area (Å²) in [6.07, 6.45) is 4.38. The van der Waals surface area contributed by atoms with Gasteiger partial charge in [0, 0.05) is 18.3 Å². The zero-order valence-electron chi connectivity index (χ0n) is 3.81. The molecular formula is C4H6N3. The number of hydrogen-bond donors (Lipinski definition) is 2. The summed E-state index contributed by atoms with van der Waals surface area (Å²) in [5.41, 5.74) is 6.12. The fourth-order valence-electron chi connectivity index (χ4n) is 0.351. The lowest BCUT2D eigenvalue weighted by atomic mass is 10.4. The van der Waals surface area contributed by atoms with Crippen LogP contribution in [-0.2, 0) is 6.54 Å². The quantitative estimate of drug-likeness (QED) is 0.503. The number of nitrogens with one attached hydrogen (secondary N) is 1. The molecule has 0 saturated carbocycles. The van der Waals surface area contributed by atoms with E-state index in [2.05, 4.69) is 16.4 Å². The molecule has 1 aromatic heterocycles. The van der Waals surface area contributed by atoms with Gasteiger partial charge in [-0.1, -0.05) is 0 Å². The highest BCUT2D eigenvalue weighted by Gasteiger charge is 1.84. The van der Waals surface area contributed by atoms with Crippen LogP contribution < -0.4 is 5.73 Å². The molecule has 7 heavy (non-hydrogen) atoms. The van der Waals surface area contributed by atoms with Crippen molar-refractivity contribution in [1.82, 2.24) is 10.2 Å².